The molecule has 32 heavy (non-hydrogen) atoms. The molecule has 2 aromatic carbocycles. The van der Waals surface area contributed by atoms with Gasteiger partial charge in [0.15, 0.2) is 0 Å². The van der Waals surface area contributed by atoms with Crippen LogP contribution < -0.4 is 10.2 Å². The number of urea groups is 1. The molecule has 0 aliphatic carbocycles. The van der Waals surface area contributed by atoms with Crippen molar-refractivity contribution in [3.63, 3.8) is 0 Å². The second-order valence-corrected chi connectivity index (χ2v) is 6.94. The van der Waals surface area contributed by atoms with Gasteiger partial charge in [-0.3, -0.25) is 9.59 Å². The van der Waals surface area contributed by atoms with Gasteiger partial charge in [0.2, 0.25) is 5.91 Å². The Bertz CT molecular complexity index is 1040. The second-order valence-electron chi connectivity index (χ2n) is 6.94. The van der Waals surface area contributed by atoms with Crippen LogP contribution >= 0.6 is 0 Å². The van der Waals surface area contributed by atoms with E-state index in [1.807, 2.05) is 0 Å². The summed E-state index contributed by atoms with van der Waals surface area (Å²) in [6.45, 7) is 5.62. The number of nitrogens with one attached hydrogen (secondary N) is 1. The molecule has 2 aromatic rings. The number of carbonyl (C=O) groups is 4. The Morgan fingerprint density at radius 2 is 1.78 bits per heavy atom. The molecular weight excluding hydrogens is 417 g/mol. The summed E-state index contributed by atoms with van der Waals surface area (Å²) in [6.07, 6.45) is 1.17. The van der Waals surface area contributed by atoms with Crippen molar-refractivity contribution in [2.24, 2.45) is 0 Å². The zero-order chi connectivity index (χ0) is 23.3. The maximum Gasteiger partial charge on any atom is 0.338 e. The topological polar surface area (TPSA) is 96.0 Å². The third-order valence-corrected chi connectivity index (χ3v) is 4.79. The molecule has 1 aliphatic heterocycles. The quantitative estimate of drug-likeness (QED) is 0.387. The highest BCUT2D eigenvalue weighted by Gasteiger charge is 2.46. The molecule has 9 heteroatoms. The molecule has 1 saturated heterocycles. The average Bonchev–Trinajstić information content (AvgIpc) is 2.99. The molecule has 1 heterocycles. The summed E-state index contributed by atoms with van der Waals surface area (Å²) in [6, 6.07) is 9.39. The van der Waals surface area contributed by atoms with Crippen molar-refractivity contribution < 1.29 is 28.3 Å². The molecule has 0 radical (unpaired) electrons. The first-order valence-corrected chi connectivity index (χ1v) is 9.93. The van der Waals surface area contributed by atoms with Crippen molar-refractivity contribution in [3.05, 3.63) is 72.6 Å². The minimum Gasteiger partial charge on any atom is -0.462 e. The highest BCUT2D eigenvalue weighted by Crippen LogP contribution is 2.27. The Morgan fingerprint density at radius 1 is 1.12 bits per heavy atom. The van der Waals surface area contributed by atoms with E-state index in [1.165, 1.54) is 47.4 Å². The fourth-order valence-corrected chi connectivity index (χ4v) is 3.30. The molecule has 1 N–H and O–H groups in total. The number of imide groups is 1. The number of nitrogens with zero attached hydrogens (tertiary/aromatic N) is 2. The Balaban J connectivity index is 1.72. The largest absolute Gasteiger partial charge is 0.462 e. The molecule has 8 nitrogen and oxygen atoms in total. The Kier molecular flexibility index (Phi) is 6.99. The van der Waals surface area contributed by atoms with Gasteiger partial charge < -0.3 is 15.0 Å². The summed E-state index contributed by atoms with van der Waals surface area (Å²) in [5.74, 6) is -2.05. The summed E-state index contributed by atoms with van der Waals surface area (Å²) in [4.78, 5) is 52.2. The molecule has 0 saturated carbocycles. The second kappa shape index (κ2) is 9.86. The van der Waals surface area contributed by atoms with E-state index >= 15 is 0 Å². The number of amides is 4. The van der Waals surface area contributed by atoms with Crippen molar-refractivity contribution in [2.75, 3.05) is 23.4 Å². The normalized spacial score (nSPS) is 15.6. The number of halogens is 1. The van der Waals surface area contributed by atoms with E-state index in [-0.39, 0.29) is 25.3 Å². The van der Waals surface area contributed by atoms with Gasteiger partial charge in [-0.2, -0.15) is 0 Å². The summed E-state index contributed by atoms with van der Waals surface area (Å²) in [5, 5.41) is 2.65. The van der Waals surface area contributed by atoms with Gasteiger partial charge in [-0.05, 0) is 55.5 Å². The van der Waals surface area contributed by atoms with E-state index in [1.54, 1.807) is 6.92 Å². The molecule has 0 unspecified atom stereocenters. The zero-order valence-electron chi connectivity index (χ0n) is 17.4. The van der Waals surface area contributed by atoms with Gasteiger partial charge >= 0.3 is 12.0 Å². The lowest BCUT2D eigenvalue weighted by atomic mass is 10.1. The van der Waals surface area contributed by atoms with Crippen LogP contribution in [0, 0.1) is 5.82 Å². The molecule has 166 valence electrons. The van der Waals surface area contributed by atoms with Crippen LogP contribution in [0.3, 0.4) is 0 Å². The molecule has 3 rings (SSSR count). The molecular formula is C23H22FN3O5. The van der Waals surface area contributed by atoms with Crippen molar-refractivity contribution in [2.45, 2.75) is 19.4 Å². The number of carbonyl (C=O) groups excluding carboxylic acids is 4. The van der Waals surface area contributed by atoms with E-state index in [0.717, 1.165) is 17.0 Å². The molecule has 1 aliphatic rings. The summed E-state index contributed by atoms with van der Waals surface area (Å²) < 4.78 is 18.2. The lowest BCUT2D eigenvalue weighted by Crippen LogP contribution is -2.38. The van der Waals surface area contributed by atoms with Crippen molar-refractivity contribution in [1.82, 2.24) is 4.90 Å². The molecule has 0 bridgehead atoms. The van der Waals surface area contributed by atoms with Gasteiger partial charge in [0, 0.05) is 12.2 Å². The van der Waals surface area contributed by atoms with Gasteiger partial charge in [0.1, 0.15) is 11.9 Å². The standard InChI is InChI=1S/C23H22FN3O5/c1-3-13-26-19(21(29)27(23(26)31)18-11-7-16(24)8-12-18)14-20(28)25-17-9-5-15(6-10-17)22(30)32-4-2/h3,5-12,19H,1,4,13-14H2,2H3,(H,25,28)/t19-/m1/s1. The fourth-order valence-electron chi connectivity index (χ4n) is 3.30. The lowest BCUT2D eigenvalue weighted by Gasteiger charge is -2.19. The number of esters is 1. The van der Waals surface area contributed by atoms with E-state index < -0.39 is 35.7 Å². The number of benzene rings is 2. The van der Waals surface area contributed by atoms with Crippen LogP contribution in [0.4, 0.5) is 20.6 Å². The van der Waals surface area contributed by atoms with Gasteiger partial charge in [-0.25, -0.2) is 18.9 Å². The summed E-state index contributed by atoms with van der Waals surface area (Å²) >= 11 is 0. The molecule has 0 aromatic heterocycles. The Labute approximate surface area is 184 Å². The van der Waals surface area contributed by atoms with E-state index in [0.29, 0.717) is 11.3 Å². The SMILES string of the molecule is C=CCN1C(=O)N(c2ccc(F)cc2)C(=O)[C@H]1CC(=O)Nc1ccc(C(=O)OCC)cc1. The maximum absolute atomic E-state index is 13.2. The predicted octanol–water partition coefficient (Wildman–Crippen LogP) is 3.35. The van der Waals surface area contributed by atoms with Crippen LogP contribution in [-0.2, 0) is 14.3 Å². The Hall–Kier alpha value is -4.01. The number of hydrogen-bond acceptors (Lipinski definition) is 5. The fraction of sp³-hybridized carbons (Fsp3) is 0.217. The average molecular weight is 439 g/mol. The van der Waals surface area contributed by atoms with Crippen LogP contribution in [0.15, 0.2) is 61.2 Å². The first kappa shape index (κ1) is 22.7. The molecule has 1 fully saturated rings. The number of rotatable bonds is 8. The Morgan fingerprint density at radius 3 is 2.38 bits per heavy atom. The molecule has 4 amide bonds. The zero-order valence-corrected chi connectivity index (χ0v) is 17.4. The highest BCUT2D eigenvalue weighted by molar-refractivity contribution is 6.22. The number of ether oxygens (including phenoxy) is 1. The van der Waals surface area contributed by atoms with Crippen LogP contribution in [0.2, 0.25) is 0 Å². The molecule has 1 atom stereocenters. The van der Waals surface area contributed by atoms with Crippen molar-refractivity contribution in [3.8, 4) is 0 Å². The summed E-state index contributed by atoms with van der Waals surface area (Å²) in [7, 11) is 0. The van der Waals surface area contributed by atoms with Gasteiger partial charge in [-0.15, -0.1) is 6.58 Å². The monoisotopic (exact) mass is 439 g/mol. The van der Waals surface area contributed by atoms with E-state index in [9.17, 15) is 23.6 Å². The highest BCUT2D eigenvalue weighted by atomic mass is 19.1. The minimum atomic E-state index is -1.04. The van der Waals surface area contributed by atoms with E-state index in [4.69, 9.17) is 4.74 Å². The first-order valence-electron chi connectivity index (χ1n) is 9.93. The van der Waals surface area contributed by atoms with Crippen molar-refractivity contribution in [1.29, 1.82) is 0 Å². The number of anilines is 2. The first-order chi connectivity index (χ1) is 15.3. The van der Waals surface area contributed by atoms with E-state index in [2.05, 4.69) is 11.9 Å². The third-order valence-electron chi connectivity index (χ3n) is 4.79. The molecule has 0 spiro atoms. The van der Waals surface area contributed by atoms with Crippen LogP contribution in [0.25, 0.3) is 0 Å². The number of hydrogen-bond donors (Lipinski definition) is 1. The third kappa shape index (κ3) is 4.83. The van der Waals surface area contributed by atoms with Crippen molar-refractivity contribution >= 4 is 35.2 Å². The predicted molar refractivity (Wildman–Crippen MR) is 116 cm³/mol. The van der Waals surface area contributed by atoms with Gasteiger partial charge in [0.05, 0.1) is 24.3 Å². The smallest absolute Gasteiger partial charge is 0.338 e. The van der Waals surface area contributed by atoms with Crippen LogP contribution in [0.5, 0.6) is 0 Å². The van der Waals surface area contributed by atoms with Crippen LogP contribution in [0.1, 0.15) is 23.7 Å². The van der Waals surface area contributed by atoms with Crippen LogP contribution in [-0.4, -0.2) is 47.9 Å². The summed E-state index contributed by atoms with van der Waals surface area (Å²) in [5.41, 5.74) is 0.979. The van der Waals surface area contributed by atoms with Gasteiger partial charge in [-0.1, -0.05) is 6.08 Å². The minimum absolute atomic E-state index is 0.0639. The van der Waals surface area contributed by atoms with Gasteiger partial charge in [0.25, 0.3) is 5.91 Å². The lowest BCUT2D eigenvalue weighted by molar-refractivity contribution is -0.124. The maximum atomic E-state index is 13.2.